The van der Waals surface area contributed by atoms with Crippen LogP contribution in [0.25, 0.3) is 5.82 Å². The van der Waals surface area contributed by atoms with E-state index in [9.17, 15) is 40.3 Å². The van der Waals surface area contributed by atoms with Crippen LogP contribution in [0.4, 0.5) is 36.4 Å². The number of nitrogens with zero attached hydrogens (tertiary/aromatic N) is 6. The summed E-state index contributed by atoms with van der Waals surface area (Å²) in [6.07, 6.45) is -5.08. The van der Waals surface area contributed by atoms with Gasteiger partial charge in [-0.05, 0) is 42.8 Å². The number of aryl methyl sites for hydroxylation is 1. The normalized spacial score (nSPS) is 12.4. The number of aromatic nitrogens is 6. The molecule has 0 bridgehead atoms. The smallest absolute Gasteiger partial charge is 0.366 e. The van der Waals surface area contributed by atoms with Crippen LogP contribution >= 0.6 is 23.2 Å². The second-order valence-corrected chi connectivity index (χ2v) is 9.50. The quantitative estimate of drug-likeness (QED) is 0.256. The molecule has 3 N–H and O–H groups in total. The van der Waals surface area contributed by atoms with Gasteiger partial charge in [-0.25, -0.2) is 14.3 Å². The lowest BCUT2D eigenvalue weighted by molar-refractivity contribution is -0.360. The minimum atomic E-state index is -6.57. The van der Waals surface area contributed by atoms with E-state index in [1.807, 2.05) is 0 Å². The van der Waals surface area contributed by atoms with E-state index in [0.29, 0.717) is 10.2 Å². The predicted molar refractivity (Wildman–Crippen MR) is 133 cm³/mol. The van der Waals surface area contributed by atoms with Gasteiger partial charge in [-0.1, -0.05) is 28.4 Å². The van der Waals surface area contributed by atoms with Gasteiger partial charge in [0.15, 0.2) is 11.5 Å². The van der Waals surface area contributed by atoms with Crippen molar-refractivity contribution < 1.29 is 40.3 Å². The molecule has 0 saturated carbocycles. The predicted octanol–water partition coefficient (Wildman–Crippen LogP) is 5.16. The fraction of sp³-hybridized carbons (Fsp3) is 0.217. The number of carbonyl (C=O) groups excluding carboxylic acids is 2. The molecule has 4 aromatic rings. The van der Waals surface area contributed by atoms with Crippen molar-refractivity contribution >= 4 is 40.7 Å². The van der Waals surface area contributed by atoms with Crippen molar-refractivity contribution in [3.05, 3.63) is 81.0 Å². The fourth-order valence-electron chi connectivity index (χ4n) is 3.67. The number of nitrogens with two attached hydrogens (primary N) is 1. The van der Waals surface area contributed by atoms with Crippen molar-refractivity contribution in [3.63, 3.8) is 0 Å². The van der Waals surface area contributed by atoms with Gasteiger partial charge in [0.05, 0.1) is 34.7 Å². The zero-order valence-corrected chi connectivity index (χ0v) is 22.2. The lowest BCUT2D eigenvalue weighted by Gasteiger charge is -2.26. The minimum absolute atomic E-state index is 0.00654. The number of anilines is 1. The highest BCUT2D eigenvalue weighted by Gasteiger charge is 2.74. The summed E-state index contributed by atoms with van der Waals surface area (Å²) in [5.41, 5.74) is 3.29. The third-order valence-electron chi connectivity index (χ3n) is 5.67. The lowest BCUT2D eigenvalue weighted by Crippen LogP contribution is -2.50. The molecular formula is C23H15Cl2F7N8O2. The van der Waals surface area contributed by atoms with Crippen LogP contribution in [0.5, 0.6) is 0 Å². The van der Waals surface area contributed by atoms with Gasteiger partial charge in [0, 0.05) is 11.2 Å². The van der Waals surface area contributed by atoms with Crippen molar-refractivity contribution in [2.45, 2.75) is 31.5 Å². The van der Waals surface area contributed by atoms with E-state index in [2.05, 4.69) is 25.7 Å². The maximum atomic E-state index is 14.1. The molecule has 1 aromatic carbocycles. The Balaban J connectivity index is 1.73. The van der Waals surface area contributed by atoms with Gasteiger partial charge in [-0.15, -0.1) is 5.10 Å². The van der Waals surface area contributed by atoms with E-state index >= 15 is 0 Å². The highest BCUT2D eigenvalue weighted by Crippen LogP contribution is 2.51. The van der Waals surface area contributed by atoms with Gasteiger partial charge in [0.25, 0.3) is 11.8 Å². The molecule has 0 aliphatic carbocycles. The Bertz CT molecular complexity index is 1690. The van der Waals surface area contributed by atoms with E-state index in [1.165, 1.54) is 37.4 Å². The van der Waals surface area contributed by atoms with Gasteiger partial charge in [-0.3, -0.25) is 9.59 Å². The number of pyridine rings is 1. The van der Waals surface area contributed by atoms with Crippen LogP contribution in [0.15, 0.2) is 42.7 Å². The van der Waals surface area contributed by atoms with Gasteiger partial charge < -0.3 is 11.1 Å². The Morgan fingerprint density at radius 2 is 1.76 bits per heavy atom. The average Bonchev–Trinajstić information content (AvgIpc) is 3.53. The summed E-state index contributed by atoms with van der Waals surface area (Å²) in [4.78, 5) is 29.4. The fourth-order valence-corrected chi connectivity index (χ4v) is 4.14. The molecule has 222 valence electrons. The van der Waals surface area contributed by atoms with E-state index in [1.54, 1.807) is 0 Å². The molecule has 0 spiro atoms. The molecule has 0 radical (unpaired) electrons. The summed E-state index contributed by atoms with van der Waals surface area (Å²) in [5, 5.41) is 12.8. The van der Waals surface area contributed by atoms with Crippen molar-refractivity contribution in [1.29, 1.82) is 0 Å². The molecule has 2 amide bonds. The summed E-state index contributed by atoms with van der Waals surface area (Å²) in [6, 6.07) is 6.67. The third kappa shape index (κ3) is 5.61. The lowest BCUT2D eigenvalue weighted by atomic mass is 10.1. The van der Waals surface area contributed by atoms with Crippen LogP contribution in [0, 0.1) is 6.92 Å². The number of amides is 2. The summed E-state index contributed by atoms with van der Waals surface area (Å²) in [6.45, 7) is 0.914. The zero-order valence-electron chi connectivity index (χ0n) is 20.7. The first-order valence-electron chi connectivity index (χ1n) is 11.3. The molecule has 0 saturated heterocycles. The number of alkyl halides is 7. The summed E-state index contributed by atoms with van der Waals surface area (Å²) < 4.78 is 94.2. The maximum absolute atomic E-state index is 14.1. The minimum Gasteiger partial charge on any atom is -0.366 e. The van der Waals surface area contributed by atoms with Crippen LogP contribution in [-0.4, -0.2) is 53.7 Å². The molecule has 3 aromatic heterocycles. The van der Waals surface area contributed by atoms with Crippen molar-refractivity contribution in [1.82, 2.24) is 29.8 Å². The SMILES string of the molecule is Cc1cc(Cl)cc(C(N)=O)c1NC(=O)c1cc(Cn2cc(C(F)(F)C(F)(F)C(F)(F)F)nn2)nn1-c1ncccc1Cl. The van der Waals surface area contributed by atoms with Crippen LogP contribution in [0.3, 0.4) is 0 Å². The zero-order chi connectivity index (χ0) is 31.2. The molecule has 4 rings (SSSR count). The molecule has 0 aliphatic heterocycles. The number of primary amides is 1. The van der Waals surface area contributed by atoms with Crippen LogP contribution in [0.1, 0.15) is 37.8 Å². The molecule has 0 unspecified atom stereocenters. The second kappa shape index (κ2) is 10.9. The van der Waals surface area contributed by atoms with E-state index in [0.717, 1.165) is 10.7 Å². The van der Waals surface area contributed by atoms with Gasteiger partial charge in [0.1, 0.15) is 5.69 Å². The Morgan fingerprint density at radius 1 is 1.07 bits per heavy atom. The Kier molecular flexibility index (Phi) is 7.94. The third-order valence-corrected chi connectivity index (χ3v) is 6.18. The van der Waals surface area contributed by atoms with Gasteiger partial charge >= 0.3 is 18.0 Å². The average molecular weight is 639 g/mol. The maximum Gasteiger partial charge on any atom is 0.460 e. The molecule has 42 heavy (non-hydrogen) atoms. The molecular weight excluding hydrogens is 624 g/mol. The number of carbonyl (C=O) groups is 2. The van der Waals surface area contributed by atoms with Crippen molar-refractivity contribution in [2.75, 3.05) is 5.32 Å². The summed E-state index contributed by atoms with van der Waals surface area (Å²) >= 11 is 12.2. The van der Waals surface area contributed by atoms with Gasteiger partial charge in [-0.2, -0.15) is 35.8 Å². The Labute approximate surface area is 240 Å². The first-order chi connectivity index (χ1) is 19.4. The van der Waals surface area contributed by atoms with Crippen molar-refractivity contribution in [3.8, 4) is 5.82 Å². The monoisotopic (exact) mass is 638 g/mol. The summed E-state index contributed by atoms with van der Waals surface area (Å²) in [7, 11) is 0. The van der Waals surface area contributed by atoms with Gasteiger partial charge in [0.2, 0.25) is 0 Å². The molecule has 0 fully saturated rings. The van der Waals surface area contributed by atoms with Crippen LogP contribution in [-0.2, 0) is 12.5 Å². The number of hydrogen-bond acceptors (Lipinski definition) is 6. The number of benzene rings is 1. The number of halogens is 9. The largest absolute Gasteiger partial charge is 0.460 e. The molecule has 0 atom stereocenters. The Morgan fingerprint density at radius 3 is 2.38 bits per heavy atom. The molecule has 19 heteroatoms. The molecule has 0 aliphatic rings. The van der Waals surface area contributed by atoms with E-state index in [-0.39, 0.29) is 44.7 Å². The standard InChI is InChI=1S/C23H15Cl2F7N8O2/c1-10-5-11(24)6-13(18(33)41)17(10)35-20(42)15-7-12(37-40(15)19-14(25)3-2-4-34-19)8-39-9-16(36-38-39)21(26,27)22(28,29)23(30,31)32/h2-7,9H,8H2,1H3,(H2,33,41)(H,35,42). The van der Waals surface area contributed by atoms with Crippen LogP contribution < -0.4 is 11.1 Å². The number of rotatable bonds is 8. The highest BCUT2D eigenvalue weighted by atomic mass is 35.5. The second-order valence-electron chi connectivity index (χ2n) is 8.65. The topological polar surface area (TPSA) is 134 Å². The highest BCUT2D eigenvalue weighted by molar-refractivity contribution is 6.32. The van der Waals surface area contributed by atoms with E-state index < -0.39 is 42.1 Å². The van der Waals surface area contributed by atoms with E-state index in [4.69, 9.17) is 28.9 Å². The Hall–Kier alpha value is -4.25. The molecule has 3 heterocycles. The van der Waals surface area contributed by atoms with Crippen LogP contribution in [0.2, 0.25) is 10.0 Å². The first-order valence-corrected chi connectivity index (χ1v) is 12.0. The number of hydrogen-bond donors (Lipinski definition) is 2. The molecule has 10 nitrogen and oxygen atoms in total. The van der Waals surface area contributed by atoms with Crippen molar-refractivity contribution in [2.24, 2.45) is 5.73 Å². The number of nitrogens with one attached hydrogen (secondary N) is 1. The first kappa shape index (κ1) is 30.7. The summed E-state index contributed by atoms with van der Waals surface area (Å²) in [5.74, 6) is -14.1.